The Labute approximate surface area is 96.8 Å². The minimum atomic E-state index is -3.27. The molecule has 96 valence electrons. The van der Waals surface area contributed by atoms with Gasteiger partial charge >= 0.3 is 0 Å². The van der Waals surface area contributed by atoms with Crippen molar-refractivity contribution in [1.82, 2.24) is 9.03 Å². The minimum absolute atomic E-state index is 0.000491. The van der Waals surface area contributed by atoms with E-state index in [9.17, 15) is 8.42 Å². The van der Waals surface area contributed by atoms with Gasteiger partial charge in [0.2, 0.25) is 0 Å². The van der Waals surface area contributed by atoms with Gasteiger partial charge in [0.05, 0.1) is 13.2 Å². The van der Waals surface area contributed by atoms with E-state index < -0.39 is 10.2 Å². The fraction of sp³-hybridized carbons (Fsp3) is 1.00. The zero-order chi connectivity index (χ0) is 11.9. The quantitative estimate of drug-likeness (QED) is 0.561. The van der Waals surface area contributed by atoms with Gasteiger partial charge in [-0.2, -0.15) is 12.7 Å². The summed E-state index contributed by atoms with van der Waals surface area (Å²) in [5.74, 6) is 0. The highest BCUT2D eigenvalue weighted by Crippen LogP contribution is 2.10. The third-order valence-corrected chi connectivity index (χ3v) is 4.00. The van der Waals surface area contributed by atoms with E-state index in [1.165, 1.54) is 4.31 Å². The average molecular weight is 252 g/mol. The summed E-state index contributed by atoms with van der Waals surface area (Å²) in [7, 11) is -3.27. The second kappa shape index (κ2) is 7.18. The van der Waals surface area contributed by atoms with E-state index in [2.05, 4.69) is 4.72 Å². The van der Waals surface area contributed by atoms with Gasteiger partial charge in [-0.1, -0.05) is 0 Å². The topological polar surface area (TPSA) is 78.9 Å². The number of nitrogens with zero attached hydrogens (tertiary/aromatic N) is 1. The Kier molecular flexibility index (Phi) is 6.22. The second-order valence-corrected chi connectivity index (χ2v) is 5.45. The van der Waals surface area contributed by atoms with Crippen LogP contribution in [0.25, 0.3) is 0 Å². The molecule has 0 radical (unpaired) electrons. The van der Waals surface area contributed by atoms with Crippen molar-refractivity contribution in [2.45, 2.75) is 19.3 Å². The summed E-state index contributed by atoms with van der Waals surface area (Å²) in [4.78, 5) is 0. The van der Waals surface area contributed by atoms with Crippen molar-refractivity contribution in [1.29, 1.82) is 0 Å². The summed E-state index contributed by atoms with van der Waals surface area (Å²) >= 11 is 0. The van der Waals surface area contributed by atoms with E-state index in [0.29, 0.717) is 39.3 Å². The zero-order valence-corrected chi connectivity index (χ0v) is 10.2. The molecule has 2 N–H and O–H groups in total. The van der Waals surface area contributed by atoms with Crippen molar-refractivity contribution in [2.24, 2.45) is 0 Å². The molecule has 1 rings (SSSR count). The van der Waals surface area contributed by atoms with Crippen LogP contribution in [0.1, 0.15) is 19.3 Å². The third-order valence-electron chi connectivity index (χ3n) is 2.39. The SMILES string of the molecule is O=S(=O)(NCCCOCCO)N1CCCC1. The maximum atomic E-state index is 11.7. The lowest BCUT2D eigenvalue weighted by atomic mass is 10.4. The molecule has 1 saturated heterocycles. The van der Waals surface area contributed by atoms with Gasteiger partial charge < -0.3 is 9.84 Å². The fourth-order valence-corrected chi connectivity index (χ4v) is 2.89. The first-order valence-electron chi connectivity index (χ1n) is 5.60. The van der Waals surface area contributed by atoms with Crippen LogP contribution >= 0.6 is 0 Å². The maximum Gasteiger partial charge on any atom is 0.279 e. The van der Waals surface area contributed by atoms with E-state index >= 15 is 0 Å². The number of hydrogen-bond acceptors (Lipinski definition) is 4. The average Bonchev–Trinajstić information content (AvgIpc) is 2.77. The summed E-state index contributed by atoms with van der Waals surface area (Å²) in [5, 5.41) is 8.45. The molecule has 0 aromatic carbocycles. The largest absolute Gasteiger partial charge is 0.394 e. The molecule has 0 amide bonds. The minimum Gasteiger partial charge on any atom is -0.394 e. The predicted octanol–water partition coefficient (Wildman–Crippen LogP) is -0.684. The Morgan fingerprint density at radius 1 is 1.25 bits per heavy atom. The van der Waals surface area contributed by atoms with Crippen LogP contribution in [0.5, 0.6) is 0 Å². The first-order chi connectivity index (χ1) is 7.67. The lowest BCUT2D eigenvalue weighted by Crippen LogP contribution is -2.39. The molecule has 1 aliphatic rings. The number of nitrogens with one attached hydrogen (secondary N) is 1. The Hall–Kier alpha value is -0.210. The van der Waals surface area contributed by atoms with Crippen LogP contribution in [0.15, 0.2) is 0 Å². The molecule has 0 aliphatic carbocycles. The number of aliphatic hydroxyl groups excluding tert-OH is 1. The first kappa shape index (κ1) is 13.9. The summed E-state index contributed by atoms with van der Waals surface area (Å²) in [5.41, 5.74) is 0. The summed E-state index contributed by atoms with van der Waals surface area (Å²) in [6.45, 7) is 2.39. The van der Waals surface area contributed by atoms with E-state index in [-0.39, 0.29) is 6.61 Å². The smallest absolute Gasteiger partial charge is 0.279 e. The standard InChI is InChI=1S/C9H20N2O4S/c12-7-9-15-8-3-4-10-16(13,14)11-5-1-2-6-11/h10,12H,1-9H2. The normalized spacial score (nSPS) is 18.1. The van der Waals surface area contributed by atoms with E-state index in [4.69, 9.17) is 9.84 Å². The molecule has 0 unspecified atom stereocenters. The summed E-state index contributed by atoms with van der Waals surface area (Å²) in [6.07, 6.45) is 2.51. The lowest BCUT2D eigenvalue weighted by Gasteiger charge is -2.15. The molecule has 1 fully saturated rings. The van der Waals surface area contributed by atoms with E-state index in [1.54, 1.807) is 0 Å². The molecule has 0 saturated carbocycles. The van der Waals surface area contributed by atoms with Crippen molar-refractivity contribution in [2.75, 3.05) is 39.5 Å². The van der Waals surface area contributed by atoms with E-state index in [1.807, 2.05) is 0 Å². The van der Waals surface area contributed by atoms with Gasteiger partial charge in [-0.15, -0.1) is 0 Å². The van der Waals surface area contributed by atoms with Crippen molar-refractivity contribution >= 4 is 10.2 Å². The monoisotopic (exact) mass is 252 g/mol. The molecule has 1 aliphatic heterocycles. The fourth-order valence-electron chi connectivity index (χ4n) is 1.56. The van der Waals surface area contributed by atoms with E-state index in [0.717, 1.165) is 12.8 Å². The van der Waals surface area contributed by atoms with Gasteiger partial charge in [0.15, 0.2) is 0 Å². The Morgan fingerprint density at radius 3 is 2.56 bits per heavy atom. The highest BCUT2D eigenvalue weighted by atomic mass is 32.2. The second-order valence-electron chi connectivity index (χ2n) is 3.70. The third kappa shape index (κ3) is 4.75. The van der Waals surface area contributed by atoms with Crippen LogP contribution in [-0.2, 0) is 14.9 Å². The highest BCUT2D eigenvalue weighted by molar-refractivity contribution is 7.87. The van der Waals surface area contributed by atoms with Crippen LogP contribution in [0, 0.1) is 0 Å². The molecule has 0 spiro atoms. The van der Waals surface area contributed by atoms with Gasteiger partial charge in [-0.05, 0) is 19.3 Å². The molecule has 0 aromatic heterocycles. The van der Waals surface area contributed by atoms with Crippen LogP contribution in [-0.4, -0.2) is 57.3 Å². The summed E-state index contributed by atoms with van der Waals surface area (Å²) in [6, 6.07) is 0. The molecule has 16 heavy (non-hydrogen) atoms. The maximum absolute atomic E-state index is 11.7. The molecule has 0 bridgehead atoms. The Bertz CT molecular complexity index is 275. The number of hydrogen-bond donors (Lipinski definition) is 2. The number of ether oxygens (including phenoxy) is 1. The van der Waals surface area contributed by atoms with Gasteiger partial charge in [-0.3, -0.25) is 0 Å². The first-order valence-corrected chi connectivity index (χ1v) is 7.04. The zero-order valence-electron chi connectivity index (χ0n) is 9.39. The molecule has 7 heteroatoms. The van der Waals surface area contributed by atoms with Crippen LogP contribution in [0.4, 0.5) is 0 Å². The molecule has 6 nitrogen and oxygen atoms in total. The van der Waals surface area contributed by atoms with Crippen molar-refractivity contribution in [3.63, 3.8) is 0 Å². The molecule has 0 aromatic rings. The molecular weight excluding hydrogens is 232 g/mol. The molecule has 1 heterocycles. The van der Waals surface area contributed by atoms with Crippen molar-refractivity contribution in [3.05, 3.63) is 0 Å². The predicted molar refractivity (Wildman–Crippen MR) is 60.3 cm³/mol. The van der Waals surface area contributed by atoms with Gasteiger partial charge in [0.25, 0.3) is 10.2 Å². The van der Waals surface area contributed by atoms with Crippen LogP contribution in [0.3, 0.4) is 0 Å². The highest BCUT2D eigenvalue weighted by Gasteiger charge is 2.24. The molecule has 0 atom stereocenters. The van der Waals surface area contributed by atoms with Gasteiger partial charge in [0.1, 0.15) is 0 Å². The van der Waals surface area contributed by atoms with Crippen molar-refractivity contribution in [3.8, 4) is 0 Å². The van der Waals surface area contributed by atoms with Crippen LogP contribution in [0.2, 0.25) is 0 Å². The number of aliphatic hydroxyl groups is 1. The van der Waals surface area contributed by atoms with Crippen LogP contribution < -0.4 is 4.72 Å². The van der Waals surface area contributed by atoms with Gasteiger partial charge in [-0.25, -0.2) is 4.72 Å². The summed E-state index contributed by atoms with van der Waals surface area (Å²) < 4.78 is 32.3. The van der Waals surface area contributed by atoms with Crippen molar-refractivity contribution < 1.29 is 18.3 Å². The molecular formula is C9H20N2O4S. The van der Waals surface area contributed by atoms with Gasteiger partial charge in [0, 0.05) is 26.2 Å². The number of rotatable bonds is 8. The lowest BCUT2D eigenvalue weighted by molar-refractivity contribution is 0.0913. The Morgan fingerprint density at radius 2 is 1.94 bits per heavy atom. The Balaban J connectivity index is 2.11.